The second-order valence-electron chi connectivity index (χ2n) is 3.89. The number of amides is 1. The Morgan fingerprint density at radius 2 is 2.12 bits per heavy atom. The van der Waals surface area contributed by atoms with Crippen LogP contribution < -0.4 is 5.32 Å². The Balaban J connectivity index is 2.52. The Hall–Kier alpha value is -1.40. The summed E-state index contributed by atoms with van der Waals surface area (Å²) in [6.45, 7) is 2.64. The van der Waals surface area contributed by atoms with Crippen LogP contribution in [0.25, 0.3) is 0 Å². The van der Waals surface area contributed by atoms with Crippen molar-refractivity contribution < 1.29 is 14.7 Å². The number of thiophene rings is 1. The van der Waals surface area contributed by atoms with Crippen molar-refractivity contribution in [3.63, 3.8) is 0 Å². The van der Waals surface area contributed by atoms with Crippen molar-refractivity contribution in [2.45, 2.75) is 13.5 Å². The molecule has 0 fully saturated rings. The summed E-state index contributed by atoms with van der Waals surface area (Å²) < 4.78 is 0. The number of carbonyl (C=O) groups is 2. The van der Waals surface area contributed by atoms with E-state index in [1.165, 1.54) is 16.2 Å². The number of nitrogens with one attached hydrogen (secondary N) is 1. The van der Waals surface area contributed by atoms with Gasteiger partial charge in [0.25, 0.3) is 0 Å². The van der Waals surface area contributed by atoms with Crippen LogP contribution in [0.3, 0.4) is 0 Å². The van der Waals surface area contributed by atoms with Gasteiger partial charge in [-0.25, -0.2) is 4.79 Å². The predicted molar refractivity (Wildman–Crippen MR) is 66.4 cm³/mol. The van der Waals surface area contributed by atoms with Gasteiger partial charge < -0.3 is 15.3 Å². The maximum absolute atomic E-state index is 11.3. The quantitative estimate of drug-likeness (QED) is 0.822. The zero-order chi connectivity index (χ0) is 13.0. The first-order chi connectivity index (χ1) is 7.91. The number of carbonyl (C=O) groups excluding carboxylic acids is 1. The molecule has 5 nitrogen and oxygen atoms in total. The summed E-state index contributed by atoms with van der Waals surface area (Å²) >= 11 is 1.25. The molecule has 0 saturated heterocycles. The molecule has 0 saturated carbocycles. The Labute approximate surface area is 104 Å². The van der Waals surface area contributed by atoms with E-state index in [2.05, 4.69) is 5.32 Å². The van der Waals surface area contributed by atoms with Crippen molar-refractivity contribution in [2.75, 3.05) is 20.6 Å². The van der Waals surface area contributed by atoms with Gasteiger partial charge in [-0.2, -0.15) is 0 Å². The zero-order valence-electron chi connectivity index (χ0n) is 10.1. The summed E-state index contributed by atoms with van der Waals surface area (Å²) in [5.74, 6) is -0.912. The van der Waals surface area contributed by atoms with E-state index in [1.54, 1.807) is 20.2 Å². The second kappa shape index (κ2) is 5.79. The van der Waals surface area contributed by atoms with Gasteiger partial charge in [0.15, 0.2) is 0 Å². The minimum absolute atomic E-state index is 0.00339. The molecule has 94 valence electrons. The number of aryl methyl sites for hydroxylation is 1. The molecule has 2 N–H and O–H groups in total. The Morgan fingerprint density at radius 3 is 2.59 bits per heavy atom. The summed E-state index contributed by atoms with van der Waals surface area (Å²) in [5.41, 5.74) is 0.930. The van der Waals surface area contributed by atoms with E-state index in [4.69, 9.17) is 5.11 Å². The average Bonchev–Trinajstić information content (AvgIpc) is 2.60. The number of hydrogen-bond acceptors (Lipinski definition) is 4. The van der Waals surface area contributed by atoms with Gasteiger partial charge in [0.05, 0.1) is 6.54 Å². The molecule has 1 aromatic heterocycles. The third-order valence-corrected chi connectivity index (χ3v) is 3.40. The van der Waals surface area contributed by atoms with Gasteiger partial charge in [-0.3, -0.25) is 4.79 Å². The van der Waals surface area contributed by atoms with Crippen molar-refractivity contribution in [2.24, 2.45) is 0 Å². The van der Waals surface area contributed by atoms with Gasteiger partial charge >= 0.3 is 5.97 Å². The Bertz CT molecular complexity index is 426. The molecule has 17 heavy (non-hydrogen) atoms. The largest absolute Gasteiger partial charge is 0.477 e. The third-order valence-electron chi connectivity index (χ3n) is 2.32. The fourth-order valence-electron chi connectivity index (χ4n) is 1.26. The molecule has 0 bridgehead atoms. The van der Waals surface area contributed by atoms with E-state index in [9.17, 15) is 9.59 Å². The molecule has 0 radical (unpaired) electrons. The number of carboxylic acid groups (broad SMARTS) is 1. The zero-order valence-corrected chi connectivity index (χ0v) is 10.9. The molecule has 0 aliphatic carbocycles. The lowest BCUT2D eigenvalue weighted by atomic mass is 10.2. The molecule has 0 spiro atoms. The van der Waals surface area contributed by atoms with Gasteiger partial charge in [-0.15, -0.1) is 11.3 Å². The Morgan fingerprint density at radius 1 is 1.47 bits per heavy atom. The van der Waals surface area contributed by atoms with Crippen molar-refractivity contribution in [3.8, 4) is 0 Å². The van der Waals surface area contributed by atoms with Crippen LogP contribution in [-0.2, 0) is 11.3 Å². The number of aromatic carboxylic acids is 1. The molecular weight excluding hydrogens is 240 g/mol. The summed E-state index contributed by atoms with van der Waals surface area (Å²) in [5, 5.41) is 11.8. The van der Waals surface area contributed by atoms with E-state index >= 15 is 0 Å². The predicted octanol–water partition coefficient (Wildman–Crippen LogP) is 0.933. The maximum atomic E-state index is 11.3. The SMILES string of the molecule is Cc1sc(C(=O)O)cc1CNCC(=O)N(C)C. The van der Waals surface area contributed by atoms with Gasteiger partial charge in [0.2, 0.25) is 5.91 Å². The van der Waals surface area contributed by atoms with Crippen LogP contribution in [0.15, 0.2) is 6.07 Å². The Kier molecular flexibility index (Phi) is 4.65. The molecule has 1 amide bonds. The lowest BCUT2D eigenvalue weighted by molar-refractivity contribution is -0.127. The lowest BCUT2D eigenvalue weighted by Crippen LogP contribution is -2.32. The molecule has 1 aromatic rings. The first-order valence-electron chi connectivity index (χ1n) is 5.15. The van der Waals surface area contributed by atoms with Crippen LogP contribution in [-0.4, -0.2) is 42.5 Å². The number of hydrogen-bond donors (Lipinski definition) is 2. The summed E-state index contributed by atoms with van der Waals surface area (Å²) in [6, 6.07) is 1.65. The minimum atomic E-state index is -0.909. The normalized spacial score (nSPS) is 10.3. The third kappa shape index (κ3) is 3.83. The monoisotopic (exact) mass is 256 g/mol. The molecule has 0 unspecified atom stereocenters. The molecule has 1 rings (SSSR count). The standard InChI is InChI=1S/C11H16N2O3S/c1-7-8(4-9(17-7)11(15)16)5-12-6-10(14)13(2)3/h4,12H,5-6H2,1-3H3,(H,15,16). The van der Waals surface area contributed by atoms with Crippen LogP contribution >= 0.6 is 11.3 Å². The molecule has 6 heteroatoms. The van der Waals surface area contributed by atoms with Gasteiger partial charge in [0.1, 0.15) is 4.88 Å². The van der Waals surface area contributed by atoms with E-state index in [0.29, 0.717) is 11.4 Å². The molecule has 0 aliphatic heterocycles. The van der Waals surface area contributed by atoms with Crippen molar-refractivity contribution in [3.05, 3.63) is 21.4 Å². The number of likely N-dealkylation sites (N-methyl/N-ethyl adjacent to an activating group) is 1. The summed E-state index contributed by atoms with van der Waals surface area (Å²) in [6.07, 6.45) is 0. The molecule has 0 aliphatic rings. The first kappa shape index (κ1) is 13.7. The molecule has 0 aromatic carbocycles. The van der Waals surface area contributed by atoms with Crippen LogP contribution in [0, 0.1) is 6.92 Å². The smallest absolute Gasteiger partial charge is 0.345 e. The van der Waals surface area contributed by atoms with Gasteiger partial charge in [-0.1, -0.05) is 0 Å². The highest BCUT2D eigenvalue weighted by Crippen LogP contribution is 2.21. The molecular formula is C11H16N2O3S. The van der Waals surface area contributed by atoms with Crippen LogP contribution in [0.2, 0.25) is 0 Å². The second-order valence-corrected chi connectivity index (χ2v) is 5.15. The number of nitrogens with zero attached hydrogens (tertiary/aromatic N) is 1. The topological polar surface area (TPSA) is 69.6 Å². The minimum Gasteiger partial charge on any atom is -0.477 e. The number of carboxylic acids is 1. The number of rotatable bonds is 5. The molecule has 0 atom stereocenters. The highest BCUT2D eigenvalue weighted by molar-refractivity contribution is 7.14. The summed E-state index contributed by atoms with van der Waals surface area (Å²) in [7, 11) is 3.39. The summed E-state index contributed by atoms with van der Waals surface area (Å²) in [4.78, 5) is 24.9. The van der Waals surface area contributed by atoms with Crippen molar-refractivity contribution in [1.29, 1.82) is 0 Å². The first-order valence-corrected chi connectivity index (χ1v) is 5.97. The van der Waals surface area contributed by atoms with Crippen LogP contribution in [0.1, 0.15) is 20.1 Å². The van der Waals surface area contributed by atoms with E-state index < -0.39 is 5.97 Å². The fourth-order valence-corrected chi connectivity index (χ4v) is 2.14. The fraction of sp³-hybridized carbons (Fsp3) is 0.455. The highest BCUT2D eigenvalue weighted by atomic mass is 32.1. The molecule has 1 heterocycles. The van der Waals surface area contributed by atoms with E-state index in [1.807, 2.05) is 6.92 Å². The van der Waals surface area contributed by atoms with Gasteiger partial charge in [0, 0.05) is 25.5 Å². The van der Waals surface area contributed by atoms with E-state index in [-0.39, 0.29) is 12.5 Å². The van der Waals surface area contributed by atoms with Crippen molar-refractivity contribution in [1.82, 2.24) is 10.2 Å². The van der Waals surface area contributed by atoms with Crippen LogP contribution in [0.5, 0.6) is 0 Å². The highest BCUT2D eigenvalue weighted by Gasteiger charge is 2.11. The lowest BCUT2D eigenvalue weighted by Gasteiger charge is -2.10. The maximum Gasteiger partial charge on any atom is 0.345 e. The van der Waals surface area contributed by atoms with Crippen LogP contribution in [0.4, 0.5) is 0 Å². The van der Waals surface area contributed by atoms with E-state index in [0.717, 1.165) is 10.4 Å². The van der Waals surface area contributed by atoms with Gasteiger partial charge in [-0.05, 0) is 18.6 Å². The average molecular weight is 256 g/mol. The van der Waals surface area contributed by atoms with Crippen molar-refractivity contribution >= 4 is 23.2 Å².